The van der Waals surface area contributed by atoms with E-state index in [4.69, 9.17) is 9.84 Å². The van der Waals surface area contributed by atoms with Gasteiger partial charge in [0, 0.05) is 6.08 Å². The highest BCUT2D eigenvalue weighted by atomic mass is 16.5. The van der Waals surface area contributed by atoms with Crippen molar-refractivity contribution in [3.8, 4) is 0 Å². The minimum absolute atomic E-state index is 0.163. The third kappa shape index (κ3) is 5.46. The summed E-state index contributed by atoms with van der Waals surface area (Å²) in [5.74, 6) is -1.48. The Morgan fingerprint density at radius 3 is 2.58 bits per heavy atom. The number of aliphatic carboxylic acids is 1. The predicted molar refractivity (Wildman–Crippen MR) is 42.6 cm³/mol. The van der Waals surface area contributed by atoms with Gasteiger partial charge in [-0.1, -0.05) is 6.08 Å². The van der Waals surface area contributed by atoms with Crippen molar-refractivity contribution in [3.05, 3.63) is 12.2 Å². The van der Waals surface area contributed by atoms with E-state index in [-0.39, 0.29) is 6.42 Å². The molecule has 4 heteroatoms. The van der Waals surface area contributed by atoms with Crippen LogP contribution >= 0.6 is 0 Å². The molecule has 1 unspecified atom stereocenters. The molecule has 12 heavy (non-hydrogen) atoms. The van der Waals surface area contributed by atoms with Crippen LogP contribution in [0.2, 0.25) is 0 Å². The van der Waals surface area contributed by atoms with E-state index in [1.54, 1.807) is 6.92 Å². The van der Waals surface area contributed by atoms with Gasteiger partial charge in [-0.15, -0.1) is 0 Å². The van der Waals surface area contributed by atoms with Crippen molar-refractivity contribution in [1.29, 1.82) is 0 Å². The third-order valence-corrected chi connectivity index (χ3v) is 1.08. The maximum atomic E-state index is 10.7. The molecule has 0 bridgehead atoms. The van der Waals surface area contributed by atoms with Gasteiger partial charge >= 0.3 is 11.9 Å². The molecule has 0 aliphatic heterocycles. The van der Waals surface area contributed by atoms with Crippen LogP contribution in [-0.4, -0.2) is 23.1 Å². The largest absolute Gasteiger partial charge is 0.481 e. The van der Waals surface area contributed by atoms with Crippen molar-refractivity contribution >= 4 is 11.9 Å². The van der Waals surface area contributed by atoms with E-state index in [0.717, 1.165) is 0 Å². The van der Waals surface area contributed by atoms with Crippen LogP contribution in [0.3, 0.4) is 0 Å². The van der Waals surface area contributed by atoms with Crippen LogP contribution in [0.4, 0.5) is 0 Å². The third-order valence-electron chi connectivity index (χ3n) is 1.08. The van der Waals surface area contributed by atoms with Crippen molar-refractivity contribution in [1.82, 2.24) is 0 Å². The van der Waals surface area contributed by atoms with Crippen LogP contribution < -0.4 is 0 Å². The summed E-state index contributed by atoms with van der Waals surface area (Å²) < 4.78 is 4.70. The molecule has 0 heterocycles. The summed E-state index contributed by atoms with van der Waals surface area (Å²) in [5, 5.41) is 8.32. The maximum Gasteiger partial charge on any atom is 0.330 e. The van der Waals surface area contributed by atoms with Crippen LogP contribution in [0, 0.1) is 0 Å². The fraction of sp³-hybridized carbons (Fsp3) is 0.500. The minimum Gasteiger partial charge on any atom is -0.481 e. The Bertz CT molecular complexity index is 195. The van der Waals surface area contributed by atoms with Gasteiger partial charge in [-0.25, -0.2) is 4.79 Å². The van der Waals surface area contributed by atoms with E-state index in [9.17, 15) is 9.59 Å². The summed E-state index contributed by atoms with van der Waals surface area (Å²) in [6, 6.07) is 0. The Balaban J connectivity index is 3.76. The topological polar surface area (TPSA) is 63.6 Å². The Morgan fingerprint density at radius 2 is 2.17 bits per heavy atom. The van der Waals surface area contributed by atoms with Gasteiger partial charge in [0.25, 0.3) is 0 Å². The molecule has 1 atom stereocenters. The summed E-state index contributed by atoms with van der Waals surface area (Å²) in [6.07, 6.45) is 2.04. The van der Waals surface area contributed by atoms with Gasteiger partial charge in [-0.2, -0.15) is 0 Å². The Kier molecular flexibility index (Phi) is 4.76. The zero-order chi connectivity index (χ0) is 9.56. The molecule has 1 N–H and O–H groups in total. The van der Waals surface area contributed by atoms with E-state index < -0.39 is 18.0 Å². The number of allylic oxidation sites excluding steroid dienone is 1. The number of carboxylic acid groups (broad SMARTS) is 1. The number of rotatable bonds is 4. The summed E-state index contributed by atoms with van der Waals surface area (Å²) in [5.41, 5.74) is 0. The lowest BCUT2D eigenvalue weighted by Crippen LogP contribution is -2.16. The first-order valence-corrected chi connectivity index (χ1v) is 3.61. The molecule has 0 amide bonds. The fourth-order valence-electron chi connectivity index (χ4n) is 0.661. The highest BCUT2D eigenvalue weighted by Gasteiger charge is 2.10. The number of carbonyl (C=O) groups is 2. The molecule has 0 aliphatic rings. The number of carboxylic acids is 1. The second-order valence-electron chi connectivity index (χ2n) is 2.35. The lowest BCUT2D eigenvalue weighted by Gasteiger charge is -2.07. The van der Waals surface area contributed by atoms with Crippen molar-refractivity contribution in [2.45, 2.75) is 26.4 Å². The summed E-state index contributed by atoms with van der Waals surface area (Å²) in [6.45, 7) is 3.22. The number of ether oxygens (including phenoxy) is 1. The molecule has 0 aliphatic carbocycles. The van der Waals surface area contributed by atoms with Crippen LogP contribution in [0.15, 0.2) is 12.2 Å². The molecule has 0 spiro atoms. The fourth-order valence-corrected chi connectivity index (χ4v) is 0.661. The van der Waals surface area contributed by atoms with Crippen LogP contribution in [0.5, 0.6) is 0 Å². The summed E-state index contributed by atoms with van der Waals surface area (Å²) >= 11 is 0. The van der Waals surface area contributed by atoms with E-state index >= 15 is 0 Å². The van der Waals surface area contributed by atoms with E-state index in [0.29, 0.717) is 0 Å². The van der Waals surface area contributed by atoms with Gasteiger partial charge < -0.3 is 9.84 Å². The standard InChI is InChI=1S/C8H12O4/c1-3-4-8(11)12-6(2)5-7(9)10/h3-4,6H,5H2,1-2H3,(H,9,10)/b4-3-. The lowest BCUT2D eigenvalue weighted by atomic mass is 10.3. The average molecular weight is 172 g/mol. The molecular formula is C8H12O4. The first-order valence-electron chi connectivity index (χ1n) is 3.61. The first kappa shape index (κ1) is 10.7. The van der Waals surface area contributed by atoms with Gasteiger partial charge in [0.15, 0.2) is 0 Å². The zero-order valence-corrected chi connectivity index (χ0v) is 7.11. The lowest BCUT2D eigenvalue weighted by molar-refractivity contribution is -0.147. The van der Waals surface area contributed by atoms with Gasteiger partial charge in [-0.3, -0.25) is 4.79 Å². The highest BCUT2D eigenvalue weighted by Crippen LogP contribution is 1.98. The Morgan fingerprint density at radius 1 is 1.58 bits per heavy atom. The van der Waals surface area contributed by atoms with Crippen LogP contribution in [0.25, 0.3) is 0 Å². The minimum atomic E-state index is -0.976. The highest BCUT2D eigenvalue weighted by molar-refractivity contribution is 5.82. The molecule has 0 saturated carbocycles. The number of esters is 1. The Hall–Kier alpha value is -1.32. The van der Waals surface area contributed by atoms with Gasteiger partial charge in [0.2, 0.25) is 0 Å². The molecule has 0 fully saturated rings. The quantitative estimate of drug-likeness (QED) is 0.507. The normalized spacial score (nSPS) is 12.8. The monoisotopic (exact) mass is 172 g/mol. The second kappa shape index (κ2) is 5.35. The molecule has 0 aromatic rings. The summed E-state index contributed by atoms with van der Waals surface area (Å²) in [4.78, 5) is 20.9. The number of hydrogen-bond donors (Lipinski definition) is 1. The molecule has 0 radical (unpaired) electrons. The molecular weight excluding hydrogens is 160 g/mol. The van der Waals surface area contributed by atoms with Crippen LogP contribution in [0.1, 0.15) is 20.3 Å². The Labute approximate surface area is 70.8 Å². The van der Waals surface area contributed by atoms with E-state index in [1.165, 1.54) is 19.1 Å². The van der Waals surface area contributed by atoms with Gasteiger partial charge in [-0.05, 0) is 13.8 Å². The maximum absolute atomic E-state index is 10.7. The van der Waals surface area contributed by atoms with Gasteiger partial charge in [0.1, 0.15) is 6.10 Å². The number of carbonyl (C=O) groups excluding carboxylic acids is 1. The first-order chi connectivity index (χ1) is 5.56. The molecule has 0 aromatic heterocycles. The molecule has 0 saturated heterocycles. The van der Waals surface area contributed by atoms with Crippen molar-refractivity contribution in [3.63, 3.8) is 0 Å². The summed E-state index contributed by atoms with van der Waals surface area (Å²) in [7, 11) is 0. The van der Waals surface area contributed by atoms with Crippen molar-refractivity contribution < 1.29 is 19.4 Å². The van der Waals surface area contributed by atoms with Crippen molar-refractivity contribution in [2.75, 3.05) is 0 Å². The van der Waals surface area contributed by atoms with Crippen molar-refractivity contribution in [2.24, 2.45) is 0 Å². The SMILES string of the molecule is C/C=C\C(=O)OC(C)CC(=O)O. The van der Waals surface area contributed by atoms with E-state index in [2.05, 4.69) is 0 Å². The molecule has 0 aromatic carbocycles. The molecule has 4 nitrogen and oxygen atoms in total. The smallest absolute Gasteiger partial charge is 0.330 e. The zero-order valence-electron chi connectivity index (χ0n) is 7.11. The second-order valence-corrected chi connectivity index (χ2v) is 2.35. The van der Waals surface area contributed by atoms with Gasteiger partial charge in [0.05, 0.1) is 6.42 Å². The van der Waals surface area contributed by atoms with E-state index in [1.807, 2.05) is 0 Å². The molecule has 68 valence electrons. The average Bonchev–Trinajstić information content (AvgIpc) is 1.84. The number of hydrogen-bond acceptors (Lipinski definition) is 3. The predicted octanol–water partition coefficient (Wildman–Crippen LogP) is 0.969. The van der Waals surface area contributed by atoms with Crippen LogP contribution in [-0.2, 0) is 14.3 Å². The molecule has 0 rings (SSSR count).